The number of furan rings is 1. The number of hydrogen-bond donors (Lipinski definition) is 4. The zero-order valence-electron chi connectivity index (χ0n) is 11.6. The van der Waals surface area contributed by atoms with Crippen LogP contribution >= 0.6 is 0 Å². The van der Waals surface area contributed by atoms with Crippen LogP contribution in [-0.2, 0) is 4.74 Å². The number of aliphatic hydroxyl groups is 3. The van der Waals surface area contributed by atoms with E-state index in [1.165, 1.54) is 19.5 Å². The van der Waals surface area contributed by atoms with Gasteiger partial charge in [-0.05, 0) is 6.92 Å². The van der Waals surface area contributed by atoms with Gasteiger partial charge in [0.15, 0.2) is 11.4 Å². The molecule has 1 fully saturated rings. The second-order valence-electron chi connectivity index (χ2n) is 5.29. The molecule has 1 aliphatic rings. The van der Waals surface area contributed by atoms with Gasteiger partial charge >= 0.3 is 0 Å². The lowest BCUT2D eigenvalue weighted by molar-refractivity contribution is -0.237. The Labute approximate surface area is 120 Å². The summed E-state index contributed by atoms with van der Waals surface area (Å²) >= 11 is 0. The number of hydrogen-bond acceptors (Lipinski definition) is 8. The van der Waals surface area contributed by atoms with E-state index in [1.807, 2.05) is 0 Å². The van der Waals surface area contributed by atoms with Crippen LogP contribution in [0.2, 0.25) is 0 Å². The first-order valence-electron chi connectivity index (χ1n) is 6.56. The van der Waals surface area contributed by atoms with E-state index in [4.69, 9.17) is 9.15 Å². The lowest BCUT2D eigenvalue weighted by Gasteiger charge is -2.42. The van der Waals surface area contributed by atoms with Crippen LogP contribution in [0.25, 0.3) is 11.1 Å². The van der Waals surface area contributed by atoms with E-state index < -0.39 is 23.9 Å². The summed E-state index contributed by atoms with van der Waals surface area (Å²) in [5, 5.41) is 33.0. The van der Waals surface area contributed by atoms with Gasteiger partial charge in [-0.2, -0.15) is 0 Å². The molecule has 4 atom stereocenters. The van der Waals surface area contributed by atoms with Crippen molar-refractivity contribution in [3.8, 4) is 0 Å². The van der Waals surface area contributed by atoms with Crippen molar-refractivity contribution < 1.29 is 24.5 Å². The minimum Gasteiger partial charge on any atom is -0.458 e. The number of rotatable bonds is 2. The molecule has 0 bridgehead atoms. The molecular formula is C13H17N3O5. The zero-order valence-corrected chi connectivity index (χ0v) is 11.6. The van der Waals surface area contributed by atoms with E-state index in [1.54, 1.807) is 7.05 Å². The Kier molecular flexibility index (Phi) is 3.33. The number of anilines is 1. The van der Waals surface area contributed by atoms with Crippen LogP contribution in [0, 0.1) is 0 Å². The molecule has 0 saturated carbocycles. The van der Waals surface area contributed by atoms with Crippen LogP contribution in [-0.4, -0.2) is 56.8 Å². The number of nitrogens with zero attached hydrogens (tertiary/aromatic N) is 2. The molecule has 2 aromatic rings. The molecule has 0 spiro atoms. The molecule has 0 radical (unpaired) electrons. The van der Waals surface area contributed by atoms with Gasteiger partial charge in [0.1, 0.15) is 35.8 Å². The number of ether oxygens (including phenoxy) is 1. The first-order valence-corrected chi connectivity index (χ1v) is 6.56. The average molecular weight is 295 g/mol. The normalized spacial score (nSPS) is 33.3. The van der Waals surface area contributed by atoms with Gasteiger partial charge in [0.25, 0.3) is 0 Å². The molecule has 0 aromatic carbocycles. The Morgan fingerprint density at radius 3 is 2.86 bits per heavy atom. The fourth-order valence-corrected chi connectivity index (χ4v) is 2.64. The molecule has 21 heavy (non-hydrogen) atoms. The van der Waals surface area contributed by atoms with Crippen molar-refractivity contribution >= 4 is 16.9 Å². The number of nitrogens with one attached hydrogen (secondary N) is 1. The number of fused-ring (bicyclic) bond motifs is 1. The van der Waals surface area contributed by atoms with Gasteiger partial charge in [-0.15, -0.1) is 0 Å². The van der Waals surface area contributed by atoms with Crippen LogP contribution < -0.4 is 5.32 Å². The number of aromatic nitrogens is 2. The van der Waals surface area contributed by atoms with Crippen molar-refractivity contribution in [1.82, 2.24) is 9.97 Å². The van der Waals surface area contributed by atoms with Gasteiger partial charge in [-0.3, -0.25) is 0 Å². The van der Waals surface area contributed by atoms with Crippen molar-refractivity contribution in [2.24, 2.45) is 0 Å². The molecule has 1 aliphatic heterocycles. The van der Waals surface area contributed by atoms with E-state index in [0.717, 1.165) is 0 Å². The van der Waals surface area contributed by atoms with E-state index in [-0.39, 0.29) is 6.61 Å². The molecule has 4 N–H and O–H groups in total. The molecule has 0 aliphatic carbocycles. The summed E-state index contributed by atoms with van der Waals surface area (Å²) in [6.45, 7) is 1.32. The Morgan fingerprint density at radius 2 is 2.14 bits per heavy atom. The topological polar surface area (TPSA) is 121 Å². The Morgan fingerprint density at radius 1 is 1.38 bits per heavy atom. The highest BCUT2D eigenvalue weighted by molar-refractivity contribution is 5.86. The first-order chi connectivity index (χ1) is 9.96. The van der Waals surface area contributed by atoms with Gasteiger partial charge in [0.05, 0.1) is 12.9 Å². The van der Waals surface area contributed by atoms with Crippen LogP contribution in [0.15, 0.2) is 17.0 Å². The largest absolute Gasteiger partial charge is 0.458 e. The van der Waals surface area contributed by atoms with Crippen molar-refractivity contribution in [2.75, 3.05) is 19.0 Å². The molecule has 2 unspecified atom stereocenters. The lowest BCUT2D eigenvalue weighted by Crippen LogP contribution is -2.57. The van der Waals surface area contributed by atoms with Crippen molar-refractivity contribution in [3.63, 3.8) is 0 Å². The standard InChI is InChI=1S/C13H17N3O5/c1-13(19)10(18)7(17)4-21-11(13)6-3-20-9-8(6)15-5-16-12(9)14-2/h3,5,7,10-11,17-19H,4H2,1-2H3,(H,14,15,16)/t7?,10?,11-,13+/m0/s1. The highest BCUT2D eigenvalue weighted by Crippen LogP contribution is 2.40. The van der Waals surface area contributed by atoms with E-state index >= 15 is 0 Å². The minimum absolute atomic E-state index is 0.0847. The first kappa shape index (κ1) is 14.2. The molecule has 3 heterocycles. The van der Waals surface area contributed by atoms with Crippen molar-refractivity contribution in [2.45, 2.75) is 30.8 Å². The third kappa shape index (κ3) is 2.07. The smallest absolute Gasteiger partial charge is 0.194 e. The summed E-state index contributed by atoms with van der Waals surface area (Å²) in [4.78, 5) is 8.19. The molecule has 3 rings (SSSR count). The highest BCUT2D eigenvalue weighted by Gasteiger charge is 2.49. The molecular weight excluding hydrogens is 278 g/mol. The average Bonchev–Trinajstić information content (AvgIpc) is 2.89. The second kappa shape index (κ2) is 4.92. The number of aliphatic hydroxyl groups excluding tert-OH is 2. The molecule has 8 nitrogen and oxygen atoms in total. The third-order valence-corrected chi connectivity index (χ3v) is 3.83. The molecule has 0 amide bonds. The van der Waals surface area contributed by atoms with Crippen LogP contribution in [0.4, 0.5) is 5.82 Å². The van der Waals surface area contributed by atoms with Gasteiger partial charge in [0, 0.05) is 12.6 Å². The third-order valence-electron chi connectivity index (χ3n) is 3.83. The van der Waals surface area contributed by atoms with Gasteiger partial charge in [-0.25, -0.2) is 9.97 Å². The molecule has 2 aromatic heterocycles. The molecule has 1 saturated heterocycles. The molecule has 114 valence electrons. The van der Waals surface area contributed by atoms with E-state index in [2.05, 4.69) is 15.3 Å². The lowest BCUT2D eigenvalue weighted by atomic mass is 9.83. The van der Waals surface area contributed by atoms with E-state index in [9.17, 15) is 15.3 Å². The minimum atomic E-state index is -1.67. The van der Waals surface area contributed by atoms with Crippen LogP contribution in [0.3, 0.4) is 0 Å². The van der Waals surface area contributed by atoms with Crippen molar-refractivity contribution in [1.29, 1.82) is 0 Å². The summed E-state index contributed by atoms with van der Waals surface area (Å²) in [6, 6.07) is 0. The predicted molar refractivity (Wildman–Crippen MR) is 72.7 cm³/mol. The maximum Gasteiger partial charge on any atom is 0.194 e. The molecule has 8 heteroatoms. The van der Waals surface area contributed by atoms with Crippen LogP contribution in [0.1, 0.15) is 18.6 Å². The zero-order chi connectivity index (χ0) is 15.2. The van der Waals surface area contributed by atoms with Gasteiger partial charge in [0.2, 0.25) is 0 Å². The van der Waals surface area contributed by atoms with Gasteiger partial charge < -0.3 is 29.8 Å². The summed E-state index contributed by atoms with van der Waals surface area (Å²) in [6.07, 6.45) is -0.541. The maximum atomic E-state index is 10.5. The summed E-state index contributed by atoms with van der Waals surface area (Å²) in [5.74, 6) is 0.516. The SMILES string of the molecule is CNc1ncnc2c([C@@H]3OCC(O)C(O)[C@@]3(C)O)coc12. The summed E-state index contributed by atoms with van der Waals surface area (Å²) in [5.41, 5.74) is -0.239. The van der Waals surface area contributed by atoms with Crippen LogP contribution in [0.5, 0.6) is 0 Å². The van der Waals surface area contributed by atoms with Crippen molar-refractivity contribution in [3.05, 3.63) is 18.2 Å². The Balaban J connectivity index is 2.08. The fraction of sp³-hybridized carbons (Fsp3) is 0.538. The quantitative estimate of drug-likeness (QED) is 0.601. The Bertz CT molecular complexity index is 656. The van der Waals surface area contributed by atoms with Gasteiger partial charge in [-0.1, -0.05) is 0 Å². The fourth-order valence-electron chi connectivity index (χ4n) is 2.64. The Hall–Kier alpha value is -1.74. The highest BCUT2D eigenvalue weighted by atomic mass is 16.5. The summed E-state index contributed by atoms with van der Waals surface area (Å²) in [7, 11) is 1.71. The maximum absolute atomic E-state index is 10.5. The van der Waals surface area contributed by atoms with E-state index in [0.29, 0.717) is 22.5 Å². The second-order valence-corrected chi connectivity index (χ2v) is 5.29. The monoisotopic (exact) mass is 295 g/mol. The predicted octanol–water partition coefficient (Wildman–Crippen LogP) is -0.191. The summed E-state index contributed by atoms with van der Waals surface area (Å²) < 4.78 is 11.0.